The Labute approximate surface area is 128 Å². The van der Waals surface area contributed by atoms with E-state index in [2.05, 4.69) is 15.5 Å². The van der Waals surface area contributed by atoms with Crippen molar-refractivity contribution < 1.29 is 13.2 Å². The van der Waals surface area contributed by atoms with Crippen LogP contribution in [0.4, 0.5) is 24.0 Å². The lowest BCUT2D eigenvalue weighted by atomic mass is 10.2. The third kappa shape index (κ3) is 3.25. The van der Waals surface area contributed by atoms with Crippen molar-refractivity contribution in [3.05, 3.63) is 60.2 Å². The molecular formula is C15H10F3N3S. The zero-order chi connectivity index (χ0) is 15.6. The van der Waals surface area contributed by atoms with Crippen LogP contribution in [0.25, 0.3) is 10.6 Å². The molecular weight excluding hydrogens is 311 g/mol. The highest BCUT2D eigenvalue weighted by Gasteiger charge is 2.30. The van der Waals surface area contributed by atoms with Crippen LogP contribution in [0, 0.1) is 0 Å². The number of anilines is 2. The van der Waals surface area contributed by atoms with Crippen molar-refractivity contribution in [3.63, 3.8) is 0 Å². The van der Waals surface area contributed by atoms with Gasteiger partial charge in [0, 0.05) is 11.3 Å². The van der Waals surface area contributed by atoms with Crippen molar-refractivity contribution in [2.75, 3.05) is 5.32 Å². The van der Waals surface area contributed by atoms with Gasteiger partial charge in [-0.3, -0.25) is 0 Å². The number of hydrogen-bond acceptors (Lipinski definition) is 4. The Morgan fingerprint density at radius 1 is 0.909 bits per heavy atom. The SMILES string of the molecule is FC(F)(F)c1cccc(Nc2nnc(-c3ccccc3)s2)c1. The number of hydrogen-bond donors (Lipinski definition) is 1. The Hall–Kier alpha value is -2.41. The molecule has 112 valence electrons. The van der Waals surface area contributed by atoms with Gasteiger partial charge in [-0.25, -0.2) is 0 Å². The number of nitrogens with one attached hydrogen (secondary N) is 1. The minimum absolute atomic E-state index is 0.325. The Balaban J connectivity index is 1.81. The topological polar surface area (TPSA) is 37.8 Å². The summed E-state index contributed by atoms with van der Waals surface area (Å²) >= 11 is 1.28. The van der Waals surface area contributed by atoms with E-state index >= 15 is 0 Å². The molecule has 0 aliphatic rings. The fourth-order valence-corrected chi connectivity index (χ4v) is 2.64. The van der Waals surface area contributed by atoms with E-state index in [1.807, 2.05) is 30.3 Å². The van der Waals surface area contributed by atoms with Gasteiger partial charge in [-0.15, -0.1) is 10.2 Å². The number of alkyl halides is 3. The van der Waals surface area contributed by atoms with Gasteiger partial charge in [0.05, 0.1) is 5.56 Å². The molecule has 1 N–H and O–H groups in total. The molecule has 22 heavy (non-hydrogen) atoms. The van der Waals surface area contributed by atoms with Gasteiger partial charge >= 0.3 is 6.18 Å². The summed E-state index contributed by atoms with van der Waals surface area (Å²) in [7, 11) is 0. The normalized spacial score (nSPS) is 11.4. The first-order valence-corrected chi connectivity index (χ1v) is 7.17. The quantitative estimate of drug-likeness (QED) is 0.740. The van der Waals surface area contributed by atoms with Crippen molar-refractivity contribution in [3.8, 4) is 10.6 Å². The predicted molar refractivity (Wildman–Crippen MR) is 80.1 cm³/mol. The van der Waals surface area contributed by atoms with E-state index in [0.29, 0.717) is 15.8 Å². The van der Waals surface area contributed by atoms with Crippen LogP contribution in [0.1, 0.15) is 5.56 Å². The van der Waals surface area contributed by atoms with Gasteiger partial charge < -0.3 is 5.32 Å². The molecule has 2 aromatic carbocycles. The molecule has 3 nitrogen and oxygen atoms in total. The van der Waals surface area contributed by atoms with Crippen LogP contribution in [0.15, 0.2) is 54.6 Å². The molecule has 1 heterocycles. The Morgan fingerprint density at radius 3 is 2.41 bits per heavy atom. The van der Waals surface area contributed by atoms with Crippen LogP contribution in [0.3, 0.4) is 0 Å². The molecule has 7 heteroatoms. The lowest BCUT2D eigenvalue weighted by Crippen LogP contribution is -2.05. The van der Waals surface area contributed by atoms with Crippen molar-refractivity contribution >= 4 is 22.2 Å². The summed E-state index contributed by atoms with van der Waals surface area (Å²) in [6.07, 6.45) is -4.37. The van der Waals surface area contributed by atoms with Crippen molar-refractivity contribution in [1.82, 2.24) is 10.2 Å². The van der Waals surface area contributed by atoms with E-state index in [1.165, 1.54) is 17.4 Å². The highest BCUT2D eigenvalue weighted by atomic mass is 32.1. The molecule has 0 amide bonds. The average Bonchev–Trinajstić information content (AvgIpc) is 2.96. The van der Waals surface area contributed by atoms with Gasteiger partial charge in [-0.05, 0) is 18.2 Å². The maximum atomic E-state index is 12.7. The number of aromatic nitrogens is 2. The molecule has 0 radical (unpaired) electrons. The van der Waals surface area contributed by atoms with Gasteiger partial charge in [0.15, 0.2) is 0 Å². The fraction of sp³-hybridized carbons (Fsp3) is 0.0667. The van der Waals surface area contributed by atoms with Gasteiger partial charge in [-0.2, -0.15) is 13.2 Å². The molecule has 0 aliphatic carbocycles. The number of halogens is 3. The molecule has 0 saturated carbocycles. The van der Waals surface area contributed by atoms with Crippen LogP contribution < -0.4 is 5.32 Å². The van der Waals surface area contributed by atoms with Crippen LogP contribution >= 0.6 is 11.3 Å². The number of benzene rings is 2. The van der Waals surface area contributed by atoms with Crippen molar-refractivity contribution in [1.29, 1.82) is 0 Å². The van der Waals surface area contributed by atoms with E-state index in [-0.39, 0.29) is 0 Å². The molecule has 0 atom stereocenters. The van der Waals surface area contributed by atoms with E-state index in [9.17, 15) is 13.2 Å². The Bertz CT molecular complexity index is 769. The van der Waals surface area contributed by atoms with Crippen LogP contribution in [-0.2, 0) is 6.18 Å². The number of nitrogens with zero attached hydrogens (tertiary/aromatic N) is 2. The van der Waals surface area contributed by atoms with E-state index in [0.717, 1.165) is 17.7 Å². The van der Waals surface area contributed by atoms with Crippen LogP contribution in [0.2, 0.25) is 0 Å². The summed E-state index contributed by atoms with van der Waals surface area (Å²) in [5.41, 5.74) is 0.535. The Kier molecular flexibility index (Phi) is 3.81. The molecule has 0 aliphatic heterocycles. The van der Waals surface area contributed by atoms with Gasteiger partial charge in [0.25, 0.3) is 0 Å². The second kappa shape index (κ2) is 5.76. The smallest absolute Gasteiger partial charge is 0.330 e. The van der Waals surface area contributed by atoms with Crippen molar-refractivity contribution in [2.24, 2.45) is 0 Å². The first-order valence-electron chi connectivity index (χ1n) is 6.35. The van der Waals surface area contributed by atoms with E-state index in [1.54, 1.807) is 6.07 Å². The standard InChI is InChI=1S/C15H10F3N3S/c16-15(17,18)11-7-4-8-12(9-11)19-14-21-20-13(22-14)10-5-2-1-3-6-10/h1-9H,(H,19,21). The molecule has 0 bridgehead atoms. The van der Waals surface area contributed by atoms with Gasteiger partial charge in [-0.1, -0.05) is 47.7 Å². The first kappa shape index (κ1) is 14.5. The second-order valence-electron chi connectivity index (χ2n) is 4.48. The van der Waals surface area contributed by atoms with Crippen LogP contribution in [0.5, 0.6) is 0 Å². The lowest BCUT2D eigenvalue weighted by Gasteiger charge is -2.08. The molecule has 1 aromatic heterocycles. The molecule has 0 fully saturated rings. The summed E-state index contributed by atoms with van der Waals surface area (Å²) < 4.78 is 38.0. The van der Waals surface area contributed by atoms with Crippen molar-refractivity contribution in [2.45, 2.75) is 6.18 Å². The maximum absolute atomic E-state index is 12.7. The zero-order valence-electron chi connectivity index (χ0n) is 11.1. The molecule has 3 rings (SSSR count). The van der Waals surface area contributed by atoms with Gasteiger partial charge in [0.1, 0.15) is 5.01 Å². The predicted octanol–water partition coefficient (Wildman–Crippen LogP) is 4.97. The third-order valence-corrected chi connectivity index (χ3v) is 3.77. The summed E-state index contributed by atoms with van der Waals surface area (Å²) in [5, 5.41) is 12.0. The molecule has 0 spiro atoms. The minimum atomic E-state index is -4.37. The van der Waals surface area contributed by atoms with Gasteiger partial charge in [0.2, 0.25) is 5.13 Å². The van der Waals surface area contributed by atoms with E-state index < -0.39 is 11.7 Å². The average molecular weight is 321 g/mol. The highest BCUT2D eigenvalue weighted by molar-refractivity contribution is 7.18. The van der Waals surface area contributed by atoms with E-state index in [4.69, 9.17) is 0 Å². The second-order valence-corrected chi connectivity index (χ2v) is 5.46. The molecule has 0 unspecified atom stereocenters. The largest absolute Gasteiger partial charge is 0.416 e. The highest BCUT2D eigenvalue weighted by Crippen LogP contribution is 2.32. The van der Waals surface area contributed by atoms with Crippen LogP contribution in [-0.4, -0.2) is 10.2 Å². The lowest BCUT2D eigenvalue weighted by molar-refractivity contribution is -0.137. The molecule has 3 aromatic rings. The molecule has 0 saturated heterocycles. The zero-order valence-corrected chi connectivity index (χ0v) is 11.9. The summed E-state index contributed by atoms with van der Waals surface area (Å²) in [5.74, 6) is 0. The first-order chi connectivity index (χ1) is 10.5. The monoisotopic (exact) mass is 321 g/mol. The summed E-state index contributed by atoms with van der Waals surface area (Å²) in [6, 6.07) is 14.4. The third-order valence-electron chi connectivity index (χ3n) is 2.89. The summed E-state index contributed by atoms with van der Waals surface area (Å²) in [6.45, 7) is 0. The minimum Gasteiger partial charge on any atom is -0.330 e. The number of rotatable bonds is 3. The fourth-order valence-electron chi connectivity index (χ4n) is 1.87. The maximum Gasteiger partial charge on any atom is 0.416 e. The Morgan fingerprint density at radius 2 is 1.68 bits per heavy atom. The summed E-state index contributed by atoms with van der Waals surface area (Å²) in [4.78, 5) is 0.